The van der Waals surface area contributed by atoms with Crippen LogP contribution in [0.15, 0.2) is 24.3 Å². The number of carboxylic acids is 1. The van der Waals surface area contributed by atoms with Crippen molar-refractivity contribution in [1.82, 2.24) is 10.2 Å². The van der Waals surface area contributed by atoms with Crippen LogP contribution in [0.25, 0.3) is 0 Å². The third kappa shape index (κ3) is 4.58. The third-order valence-electron chi connectivity index (χ3n) is 5.97. The van der Waals surface area contributed by atoms with E-state index in [0.29, 0.717) is 11.0 Å². The molecule has 0 amide bonds. The lowest BCUT2D eigenvalue weighted by atomic mass is 9.68. The molecule has 0 aromatic heterocycles. The number of hydrogen-bond donors (Lipinski definition) is 2. The van der Waals surface area contributed by atoms with E-state index in [2.05, 4.69) is 10.2 Å². The number of likely N-dealkylation sites (tertiary alicyclic amines) is 1. The first-order valence-corrected chi connectivity index (χ1v) is 9.42. The van der Waals surface area contributed by atoms with Gasteiger partial charge in [-0.2, -0.15) is 0 Å². The van der Waals surface area contributed by atoms with Gasteiger partial charge in [0.05, 0.1) is 5.56 Å². The molecule has 1 aliphatic carbocycles. The van der Waals surface area contributed by atoms with Gasteiger partial charge in [0.2, 0.25) is 0 Å². The van der Waals surface area contributed by atoms with Crippen molar-refractivity contribution in [2.75, 3.05) is 26.2 Å². The Morgan fingerprint density at radius 2 is 1.71 bits per heavy atom. The zero-order chi connectivity index (χ0) is 16.8. The summed E-state index contributed by atoms with van der Waals surface area (Å²) in [5, 5.41) is 12.4. The summed E-state index contributed by atoms with van der Waals surface area (Å²) < 4.78 is 0. The van der Waals surface area contributed by atoms with Gasteiger partial charge in [-0.15, -0.1) is 0 Å². The fourth-order valence-electron chi connectivity index (χ4n) is 4.29. The molecule has 0 radical (unpaired) electrons. The highest BCUT2D eigenvalue weighted by atomic mass is 16.4. The lowest BCUT2D eigenvalue weighted by Crippen LogP contribution is -2.43. The van der Waals surface area contributed by atoms with E-state index in [4.69, 9.17) is 5.11 Å². The summed E-state index contributed by atoms with van der Waals surface area (Å²) >= 11 is 0. The van der Waals surface area contributed by atoms with Crippen LogP contribution in [0, 0.1) is 5.41 Å². The minimum atomic E-state index is -0.865. The molecule has 2 aliphatic rings. The van der Waals surface area contributed by atoms with Crippen LogP contribution < -0.4 is 5.32 Å². The number of carboxylic acid groups (broad SMARTS) is 1. The molecule has 0 unspecified atom stereocenters. The molecule has 24 heavy (non-hydrogen) atoms. The number of piperidine rings is 1. The van der Waals surface area contributed by atoms with Crippen LogP contribution in [0.1, 0.15) is 60.9 Å². The van der Waals surface area contributed by atoms with Crippen LogP contribution in [-0.4, -0.2) is 42.2 Å². The molecule has 0 bridgehead atoms. The second-order valence-corrected chi connectivity index (χ2v) is 7.58. The summed E-state index contributed by atoms with van der Waals surface area (Å²) in [5.74, 6) is -0.865. The second kappa shape index (κ2) is 8.13. The number of carbonyl (C=O) groups is 1. The van der Waals surface area contributed by atoms with Crippen LogP contribution in [0.5, 0.6) is 0 Å². The SMILES string of the molecule is O=C(O)c1ccc(CNCCN2CCC3(CCCCC3)CC2)cc1. The lowest BCUT2D eigenvalue weighted by Gasteiger charge is -2.44. The Balaban J connectivity index is 1.33. The largest absolute Gasteiger partial charge is 0.478 e. The standard InChI is InChI=1S/C20H30N2O2/c23-19(24)18-6-4-17(5-7-18)16-21-12-15-22-13-10-20(11-14-22)8-2-1-3-9-20/h4-7,21H,1-3,8-16H2,(H,23,24). The van der Waals surface area contributed by atoms with Gasteiger partial charge in [-0.25, -0.2) is 4.79 Å². The molecule has 1 saturated heterocycles. The normalized spacial score (nSPS) is 21.0. The molecule has 2 N–H and O–H groups in total. The number of nitrogens with one attached hydrogen (secondary N) is 1. The molecule has 2 fully saturated rings. The van der Waals surface area contributed by atoms with E-state index < -0.39 is 5.97 Å². The Bertz CT molecular complexity index is 525. The molecule has 0 atom stereocenters. The highest BCUT2D eigenvalue weighted by Crippen LogP contribution is 2.44. The van der Waals surface area contributed by atoms with Gasteiger partial charge in [0.25, 0.3) is 0 Å². The molecule has 4 heteroatoms. The van der Waals surface area contributed by atoms with Gasteiger partial charge in [-0.1, -0.05) is 31.4 Å². The molecule has 1 spiro atoms. The average molecular weight is 330 g/mol. The van der Waals surface area contributed by atoms with Gasteiger partial charge in [-0.3, -0.25) is 0 Å². The molecule has 1 aromatic carbocycles. The van der Waals surface area contributed by atoms with Crippen molar-refractivity contribution in [3.8, 4) is 0 Å². The van der Waals surface area contributed by atoms with Crippen molar-refractivity contribution in [3.05, 3.63) is 35.4 Å². The zero-order valence-electron chi connectivity index (χ0n) is 14.6. The molecule has 1 aliphatic heterocycles. The topological polar surface area (TPSA) is 52.6 Å². The second-order valence-electron chi connectivity index (χ2n) is 7.58. The molecule has 1 aromatic rings. The van der Waals surface area contributed by atoms with Crippen molar-refractivity contribution < 1.29 is 9.90 Å². The van der Waals surface area contributed by atoms with Gasteiger partial charge >= 0.3 is 5.97 Å². The molecule has 4 nitrogen and oxygen atoms in total. The predicted molar refractivity (Wildman–Crippen MR) is 96.3 cm³/mol. The first-order chi connectivity index (χ1) is 11.7. The summed E-state index contributed by atoms with van der Waals surface area (Å²) in [5.41, 5.74) is 2.18. The van der Waals surface area contributed by atoms with Gasteiger partial charge in [-0.05, 0) is 61.9 Å². The predicted octanol–water partition coefficient (Wildman–Crippen LogP) is 3.52. The van der Waals surface area contributed by atoms with Crippen molar-refractivity contribution in [2.45, 2.75) is 51.5 Å². The maximum Gasteiger partial charge on any atom is 0.335 e. The van der Waals surface area contributed by atoms with Gasteiger partial charge in [0, 0.05) is 19.6 Å². The molecule has 1 saturated carbocycles. The van der Waals surface area contributed by atoms with Crippen LogP contribution >= 0.6 is 0 Å². The quantitative estimate of drug-likeness (QED) is 0.784. The van der Waals surface area contributed by atoms with E-state index in [1.807, 2.05) is 12.1 Å². The Morgan fingerprint density at radius 3 is 2.33 bits per heavy atom. The van der Waals surface area contributed by atoms with E-state index in [1.165, 1.54) is 58.0 Å². The lowest BCUT2D eigenvalue weighted by molar-refractivity contribution is 0.0683. The summed E-state index contributed by atoms with van der Waals surface area (Å²) in [7, 11) is 0. The molecular weight excluding hydrogens is 300 g/mol. The Labute approximate surface area is 145 Å². The summed E-state index contributed by atoms with van der Waals surface area (Å²) in [6.45, 7) is 5.43. The fraction of sp³-hybridized carbons (Fsp3) is 0.650. The van der Waals surface area contributed by atoms with Crippen molar-refractivity contribution in [1.29, 1.82) is 0 Å². The number of benzene rings is 1. The maximum atomic E-state index is 10.8. The molecule has 3 rings (SSSR count). The van der Waals surface area contributed by atoms with E-state index in [9.17, 15) is 4.79 Å². The fourth-order valence-corrected chi connectivity index (χ4v) is 4.29. The van der Waals surface area contributed by atoms with E-state index in [0.717, 1.165) is 25.2 Å². The highest BCUT2D eigenvalue weighted by molar-refractivity contribution is 5.87. The highest BCUT2D eigenvalue weighted by Gasteiger charge is 2.35. The Hall–Kier alpha value is -1.39. The third-order valence-corrected chi connectivity index (χ3v) is 5.97. The number of hydrogen-bond acceptors (Lipinski definition) is 3. The first-order valence-electron chi connectivity index (χ1n) is 9.42. The van der Waals surface area contributed by atoms with Crippen molar-refractivity contribution in [2.24, 2.45) is 5.41 Å². The number of nitrogens with zero attached hydrogens (tertiary/aromatic N) is 1. The van der Waals surface area contributed by atoms with Crippen LogP contribution in [0.2, 0.25) is 0 Å². The Morgan fingerprint density at radius 1 is 1.04 bits per heavy atom. The number of rotatable bonds is 6. The minimum absolute atomic E-state index is 0.351. The Kier molecular flexibility index (Phi) is 5.90. The smallest absolute Gasteiger partial charge is 0.335 e. The molecular formula is C20H30N2O2. The first kappa shape index (κ1) is 17.4. The van der Waals surface area contributed by atoms with Gasteiger partial charge in [0.15, 0.2) is 0 Å². The monoisotopic (exact) mass is 330 g/mol. The summed E-state index contributed by atoms with van der Waals surface area (Å²) in [6.07, 6.45) is 10.1. The minimum Gasteiger partial charge on any atom is -0.478 e. The van der Waals surface area contributed by atoms with Crippen molar-refractivity contribution in [3.63, 3.8) is 0 Å². The number of aromatic carboxylic acids is 1. The van der Waals surface area contributed by atoms with E-state index in [1.54, 1.807) is 12.1 Å². The van der Waals surface area contributed by atoms with Crippen molar-refractivity contribution >= 4 is 5.97 Å². The van der Waals surface area contributed by atoms with Gasteiger partial charge in [0.1, 0.15) is 0 Å². The summed E-state index contributed by atoms with van der Waals surface area (Å²) in [4.78, 5) is 13.4. The van der Waals surface area contributed by atoms with E-state index >= 15 is 0 Å². The summed E-state index contributed by atoms with van der Waals surface area (Å²) in [6, 6.07) is 7.13. The van der Waals surface area contributed by atoms with Crippen LogP contribution in [0.4, 0.5) is 0 Å². The maximum absolute atomic E-state index is 10.8. The van der Waals surface area contributed by atoms with E-state index in [-0.39, 0.29) is 0 Å². The van der Waals surface area contributed by atoms with Gasteiger partial charge < -0.3 is 15.3 Å². The average Bonchev–Trinajstić information content (AvgIpc) is 2.61. The zero-order valence-corrected chi connectivity index (χ0v) is 14.6. The van der Waals surface area contributed by atoms with Crippen LogP contribution in [-0.2, 0) is 6.54 Å². The van der Waals surface area contributed by atoms with Crippen LogP contribution in [0.3, 0.4) is 0 Å². The molecule has 132 valence electrons. The molecule has 1 heterocycles.